The van der Waals surface area contributed by atoms with Crippen molar-refractivity contribution in [1.29, 1.82) is 5.26 Å². The van der Waals surface area contributed by atoms with Crippen LogP contribution in [0.1, 0.15) is 42.5 Å². The molecule has 4 rings (SSSR count). The molecule has 3 fully saturated rings. The lowest BCUT2D eigenvalue weighted by Gasteiger charge is -2.34. The van der Waals surface area contributed by atoms with Gasteiger partial charge in [-0.2, -0.15) is 5.26 Å². The minimum absolute atomic E-state index is 0.120. The van der Waals surface area contributed by atoms with E-state index in [1.54, 1.807) is 0 Å². The summed E-state index contributed by atoms with van der Waals surface area (Å²) >= 11 is 0. The van der Waals surface area contributed by atoms with Crippen LogP contribution in [0.5, 0.6) is 0 Å². The molecular weight excluding hydrogens is 382 g/mol. The van der Waals surface area contributed by atoms with Gasteiger partial charge < -0.3 is 19.5 Å². The van der Waals surface area contributed by atoms with Crippen molar-refractivity contribution in [3.05, 3.63) is 16.8 Å². The van der Waals surface area contributed by atoms with Gasteiger partial charge in [-0.25, -0.2) is 0 Å². The molecule has 0 radical (unpaired) electrons. The molecule has 1 atom stereocenters. The van der Waals surface area contributed by atoms with Gasteiger partial charge in [0.1, 0.15) is 11.9 Å². The van der Waals surface area contributed by atoms with Gasteiger partial charge in [0.25, 0.3) is 0 Å². The van der Waals surface area contributed by atoms with Crippen molar-refractivity contribution in [2.75, 3.05) is 44.6 Å². The average Bonchev–Trinajstić information content (AvgIpc) is 3.42. The predicted octanol–water partition coefficient (Wildman–Crippen LogP) is 1.65. The molecule has 3 heterocycles. The number of carbonyl (C=O) groups is 2. The van der Waals surface area contributed by atoms with Crippen molar-refractivity contribution in [3.63, 3.8) is 0 Å². The molecule has 2 aliphatic heterocycles. The summed E-state index contributed by atoms with van der Waals surface area (Å²) < 4.78 is 7.79. The molecule has 0 aromatic carbocycles. The zero-order valence-corrected chi connectivity index (χ0v) is 17.9. The van der Waals surface area contributed by atoms with E-state index in [4.69, 9.17) is 4.74 Å². The number of nitrogens with one attached hydrogen (secondary N) is 1. The number of rotatable bonds is 6. The first-order chi connectivity index (χ1) is 14.5. The zero-order valence-electron chi connectivity index (χ0n) is 17.9. The van der Waals surface area contributed by atoms with Crippen LogP contribution < -0.4 is 5.32 Å². The molecule has 2 amide bonds. The second-order valence-corrected chi connectivity index (χ2v) is 8.72. The third-order valence-electron chi connectivity index (χ3n) is 6.59. The van der Waals surface area contributed by atoms with Crippen LogP contribution in [0.3, 0.4) is 0 Å². The van der Waals surface area contributed by atoms with Crippen molar-refractivity contribution in [2.24, 2.45) is 5.92 Å². The summed E-state index contributed by atoms with van der Waals surface area (Å²) in [5.74, 6) is 0.971. The maximum absolute atomic E-state index is 12.8. The Morgan fingerprint density at radius 3 is 2.50 bits per heavy atom. The van der Waals surface area contributed by atoms with E-state index in [1.807, 2.05) is 23.3 Å². The summed E-state index contributed by atoms with van der Waals surface area (Å²) in [6, 6.07) is 2.26. The number of ether oxygens (including phenoxy) is 1. The van der Waals surface area contributed by atoms with Crippen LogP contribution in [0, 0.1) is 31.1 Å². The molecule has 8 heteroatoms. The van der Waals surface area contributed by atoms with Crippen molar-refractivity contribution in [1.82, 2.24) is 14.4 Å². The molecule has 3 aliphatic rings. The normalized spacial score (nSPS) is 22.2. The van der Waals surface area contributed by atoms with E-state index in [-0.39, 0.29) is 30.4 Å². The minimum Gasteiger partial charge on any atom is -0.376 e. The molecule has 0 spiro atoms. The molecule has 0 bridgehead atoms. The molecule has 162 valence electrons. The highest BCUT2D eigenvalue weighted by Gasteiger charge is 2.34. The first kappa shape index (κ1) is 20.9. The van der Waals surface area contributed by atoms with E-state index in [9.17, 15) is 14.9 Å². The smallest absolute Gasteiger partial charge is 0.239 e. The number of anilines is 1. The third kappa shape index (κ3) is 4.37. The zero-order chi connectivity index (χ0) is 21.3. The van der Waals surface area contributed by atoms with Crippen LogP contribution in [-0.4, -0.2) is 71.6 Å². The van der Waals surface area contributed by atoms with E-state index in [0.717, 1.165) is 43.5 Å². The summed E-state index contributed by atoms with van der Waals surface area (Å²) in [5, 5.41) is 12.7. The Morgan fingerprint density at radius 1 is 1.17 bits per heavy atom. The van der Waals surface area contributed by atoms with Crippen LogP contribution in [0.4, 0.5) is 5.82 Å². The lowest BCUT2D eigenvalue weighted by Crippen LogP contribution is -2.50. The largest absolute Gasteiger partial charge is 0.376 e. The van der Waals surface area contributed by atoms with Crippen molar-refractivity contribution < 1.29 is 14.3 Å². The fourth-order valence-electron chi connectivity index (χ4n) is 4.44. The molecule has 1 aromatic rings. The van der Waals surface area contributed by atoms with E-state index >= 15 is 0 Å². The van der Waals surface area contributed by atoms with Gasteiger partial charge in [-0.1, -0.05) is 0 Å². The number of nitrogens with zero attached hydrogens (tertiary/aromatic N) is 4. The maximum Gasteiger partial charge on any atom is 0.239 e. The Labute approximate surface area is 177 Å². The molecule has 2 saturated heterocycles. The molecular formula is C22H31N5O3. The Balaban J connectivity index is 1.38. The molecule has 1 aromatic heterocycles. The third-order valence-corrected chi connectivity index (χ3v) is 6.59. The standard InChI is InChI=1S/C22H31N5O3/c1-15-16(2)27(13-18-4-3-11-30-18)21(19(15)12-23)24-20(28)14-25-7-9-26(10-8-25)22(29)17-5-6-17/h17-18H,3-11,13-14H2,1-2H3,(H,24,28). The van der Waals surface area contributed by atoms with E-state index in [0.29, 0.717) is 44.1 Å². The fourth-order valence-corrected chi connectivity index (χ4v) is 4.44. The number of amides is 2. The number of nitriles is 1. The minimum atomic E-state index is -0.125. The van der Waals surface area contributed by atoms with Gasteiger partial charge in [-0.15, -0.1) is 0 Å². The highest BCUT2D eigenvalue weighted by Crippen LogP contribution is 2.31. The van der Waals surface area contributed by atoms with Gasteiger partial charge in [-0.3, -0.25) is 14.5 Å². The molecule has 1 N–H and O–H groups in total. The first-order valence-electron chi connectivity index (χ1n) is 11.0. The fraction of sp³-hybridized carbons (Fsp3) is 0.682. The van der Waals surface area contributed by atoms with Crippen LogP contribution >= 0.6 is 0 Å². The summed E-state index contributed by atoms with van der Waals surface area (Å²) in [5.41, 5.74) is 2.42. The van der Waals surface area contributed by atoms with Crippen LogP contribution in [0.25, 0.3) is 0 Å². The highest BCUT2D eigenvalue weighted by molar-refractivity contribution is 5.93. The van der Waals surface area contributed by atoms with E-state index < -0.39 is 0 Å². The van der Waals surface area contributed by atoms with Gasteiger partial charge in [0, 0.05) is 44.4 Å². The number of piperazine rings is 1. The highest BCUT2D eigenvalue weighted by atomic mass is 16.5. The number of aromatic nitrogens is 1. The van der Waals surface area contributed by atoms with Gasteiger partial charge in [-0.05, 0) is 45.1 Å². The molecule has 30 heavy (non-hydrogen) atoms. The second kappa shape index (κ2) is 8.78. The Kier molecular flexibility index (Phi) is 6.11. The van der Waals surface area contributed by atoms with Gasteiger partial charge in [0.15, 0.2) is 0 Å². The van der Waals surface area contributed by atoms with E-state index in [1.165, 1.54) is 0 Å². The first-order valence-corrected chi connectivity index (χ1v) is 11.0. The van der Waals surface area contributed by atoms with Gasteiger partial charge >= 0.3 is 0 Å². The lowest BCUT2D eigenvalue weighted by atomic mass is 10.2. The van der Waals surface area contributed by atoms with Crippen LogP contribution in [0.2, 0.25) is 0 Å². The summed E-state index contributed by atoms with van der Waals surface area (Å²) in [4.78, 5) is 29.0. The Morgan fingerprint density at radius 2 is 1.90 bits per heavy atom. The molecule has 1 unspecified atom stereocenters. The van der Waals surface area contributed by atoms with Gasteiger partial charge in [0.2, 0.25) is 11.8 Å². The number of hydrogen-bond donors (Lipinski definition) is 1. The summed E-state index contributed by atoms with van der Waals surface area (Å²) in [6.45, 7) is 8.34. The topological polar surface area (TPSA) is 90.6 Å². The summed E-state index contributed by atoms with van der Waals surface area (Å²) in [6.07, 6.45) is 4.21. The molecule has 1 aliphatic carbocycles. The van der Waals surface area contributed by atoms with Crippen molar-refractivity contribution in [3.8, 4) is 6.07 Å². The summed E-state index contributed by atoms with van der Waals surface area (Å²) in [7, 11) is 0. The lowest BCUT2D eigenvalue weighted by molar-refractivity contribution is -0.134. The number of carbonyl (C=O) groups excluding carboxylic acids is 2. The second-order valence-electron chi connectivity index (χ2n) is 8.72. The van der Waals surface area contributed by atoms with Crippen molar-refractivity contribution >= 4 is 17.6 Å². The maximum atomic E-state index is 12.8. The molecule has 1 saturated carbocycles. The SMILES string of the molecule is Cc1c(C#N)c(NC(=O)CN2CCN(C(=O)C3CC3)CC2)n(CC2CCCO2)c1C. The van der Waals surface area contributed by atoms with Gasteiger partial charge in [0.05, 0.1) is 24.8 Å². The van der Waals surface area contributed by atoms with Crippen LogP contribution in [0.15, 0.2) is 0 Å². The predicted molar refractivity (Wildman–Crippen MR) is 112 cm³/mol. The Bertz CT molecular complexity index is 853. The van der Waals surface area contributed by atoms with E-state index in [2.05, 4.69) is 16.3 Å². The average molecular weight is 414 g/mol. The van der Waals surface area contributed by atoms with Crippen molar-refractivity contribution in [2.45, 2.75) is 52.2 Å². The monoisotopic (exact) mass is 413 g/mol. The number of hydrogen-bond acceptors (Lipinski definition) is 5. The Hall–Kier alpha value is -2.37. The van der Waals surface area contributed by atoms with Crippen LogP contribution in [-0.2, 0) is 20.9 Å². The molecule has 8 nitrogen and oxygen atoms in total. The quantitative estimate of drug-likeness (QED) is 0.766.